The van der Waals surface area contributed by atoms with Crippen LogP contribution < -0.4 is 5.32 Å². The second-order valence-electron chi connectivity index (χ2n) is 3.43. The van der Waals surface area contributed by atoms with Crippen LogP contribution in [-0.2, 0) is 4.74 Å². The fourth-order valence-electron chi connectivity index (χ4n) is 1.42. The second kappa shape index (κ2) is 5.51. The van der Waals surface area contributed by atoms with Crippen LogP contribution in [0, 0.1) is 5.92 Å². The van der Waals surface area contributed by atoms with E-state index in [4.69, 9.17) is 9.84 Å². The Morgan fingerprint density at radius 2 is 2.50 bits per heavy atom. The lowest BCUT2D eigenvalue weighted by molar-refractivity contribution is 0.181. The first-order valence-electron chi connectivity index (χ1n) is 4.78. The molecule has 1 saturated heterocycles. The average Bonchev–Trinajstić information content (AvgIpc) is 2.59. The Hall–Kier alpha value is -0.120. The monoisotopic (exact) mass is 173 g/mol. The van der Waals surface area contributed by atoms with Crippen molar-refractivity contribution in [1.82, 2.24) is 5.32 Å². The maximum absolute atomic E-state index is 8.91. The molecular formula is C9H19NO2. The second-order valence-corrected chi connectivity index (χ2v) is 3.43. The fourth-order valence-corrected chi connectivity index (χ4v) is 1.42. The highest BCUT2D eigenvalue weighted by Crippen LogP contribution is 2.10. The van der Waals surface area contributed by atoms with Gasteiger partial charge in [0.15, 0.2) is 0 Å². The van der Waals surface area contributed by atoms with Gasteiger partial charge in [0.1, 0.15) is 0 Å². The SMILES string of the molecule is CC[C@H](CO)NCC1CCOC1. The Bertz CT molecular complexity index is 107. The Kier molecular flexibility index (Phi) is 4.58. The van der Waals surface area contributed by atoms with Gasteiger partial charge in [0, 0.05) is 19.2 Å². The van der Waals surface area contributed by atoms with E-state index in [1.807, 2.05) is 0 Å². The summed E-state index contributed by atoms with van der Waals surface area (Å²) in [6.07, 6.45) is 2.15. The minimum Gasteiger partial charge on any atom is -0.395 e. The van der Waals surface area contributed by atoms with Crippen molar-refractivity contribution < 1.29 is 9.84 Å². The Morgan fingerprint density at radius 1 is 1.67 bits per heavy atom. The third kappa shape index (κ3) is 3.09. The van der Waals surface area contributed by atoms with Gasteiger partial charge >= 0.3 is 0 Å². The summed E-state index contributed by atoms with van der Waals surface area (Å²) < 4.78 is 5.25. The molecule has 1 rings (SSSR count). The number of ether oxygens (including phenoxy) is 1. The van der Waals surface area contributed by atoms with Crippen molar-refractivity contribution in [2.45, 2.75) is 25.8 Å². The lowest BCUT2D eigenvalue weighted by Gasteiger charge is -2.16. The van der Waals surface area contributed by atoms with Crippen LogP contribution >= 0.6 is 0 Å². The van der Waals surface area contributed by atoms with E-state index in [2.05, 4.69) is 12.2 Å². The molecule has 0 aliphatic carbocycles. The zero-order valence-corrected chi connectivity index (χ0v) is 7.75. The molecule has 0 aromatic carbocycles. The highest BCUT2D eigenvalue weighted by Gasteiger charge is 2.16. The molecule has 0 aromatic heterocycles. The van der Waals surface area contributed by atoms with E-state index >= 15 is 0 Å². The molecule has 1 heterocycles. The van der Waals surface area contributed by atoms with Crippen LogP contribution in [0.5, 0.6) is 0 Å². The summed E-state index contributed by atoms with van der Waals surface area (Å²) in [7, 11) is 0. The van der Waals surface area contributed by atoms with Crippen molar-refractivity contribution >= 4 is 0 Å². The molecule has 0 bridgehead atoms. The zero-order valence-electron chi connectivity index (χ0n) is 7.75. The highest BCUT2D eigenvalue weighted by molar-refractivity contribution is 4.70. The molecule has 3 heteroatoms. The average molecular weight is 173 g/mol. The number of aliphatic hydroxyl groups is 1. The van der Waals surface area contributed by atoms with Gasteiger partial charge in [0.05, 0.1) is 13.2 Å². The van der Waals surface area contributed by atoms with E-state index in [-0.39, 0.29) is 12.6 Å². The zero-order chi connectivity index (χ0) is 8.81. The van der Waals surface area contributed by atoms with Crippen LogP contribution in [0.4, 0.5) is 0 Å². The Labute approximate surface area is 74.1 Å². The van der Waals surface area contributed by atoms with Crippen LogP contribution in [0.15, 0.2) is 0 Å². The molecule has 12 heavy (non-hydrogen) atoms. The van der Waals surface area contributed by atoms with Crippen LogP contribution in [0.1, 0.15) is 19.8 Å². The maximum Gasteiger partial charge on any atom is 0.0584 e. The summed E-state index contributed by atoms with van der Waals surface area (Å²) in [4.78, 5) is 0. The Morgan fingerprint density at radius 3 is 3.00 bits per heavy atom. The first-order valence-corrected chi connectivity index (χ1v) is 4.78. The molecule has 0 amide bonds. The number of nitrogens with one attached hydrogen (secondary N) is 1. The van der Waals surface area contributed by atoms with Crippen LogP contribution in [0.3, 0.4) is 0 Å². The summed E-state index contributed by atoms with van der Waals surface area (Å²) in [5.74, 6) is 0.658. The third-order valence-electron chi connectivity index (χ3n) is 2.43. The van der Waals surface area contributed by atoms with E-state index in [1.54, 1.807) is 0 Å². The molecule has 72 valence electrons. The largest absolute Gasteiger partial charge is 0.395 e. The summed E-state index contributed by atoms with van der Waals surface area (Å²) in [6, 6.07) is 0.269. The van der Waals surface area contributed by atoms with Gasteiger partial charge in [0.25, 0.3) is 0 Å². The quantitative estimate of drug-likeness (QED) is 0.631. The summed E-state index contributed by atoms with van der Waals surface area (Å²) in [6.45, 7) is 5.10. The van der Waals surface area contributed by atoms with Crippen molar-refractivity contribution in [3.05, 3.63) is 0 Å². The van der Waals surface area contributed by atoms with E-state index < -0.39 is 0 Å². The van der Waals surface area contributed by atoms with Crippen LogP contribution in [0.2, 0.25) is 0 Å². The molecule has 0 spiro atoms. The molecule has 0 saturated carbocycles. The molecule has 0 radical (unpaired) electrons. The van der Waals surface area contributed by atoms with Gasteiger partial charge in [-0.3, -0.25) is 0 Å². The highest BCUT2D eigenvalue weighted by atomic mass is 16.5. The predicted molar refractivity (Wildman–Crippen MR) is 48.1 cm³/mol. The topological polar surface area (TPSA) is 41.5 Å². The van der Waals surface area contributed by atoms with Gasteiger partial charge < -0.3 is 15.2 Å². The van der Waals surface area contributed by atoms with Gasteiger partial charge in [-0.15, -0.1) is 0 Å². The van der Waals surface area contributed by atoms with Gasteiger partial charge in [0.2, 0.25) is 0 Å². The fraction of sp³-hybridized carbons (Fsp3) is 1.00. The normalized spacial score (nSPS) is 26.0. The van der Waals surface area contributed by atoms with Crippen molar-refractivity contribution in [2.24, 2.45) is 5.92 Å². The molecule has 1 aliphatic rings. The molecule has 2 N–H and O–H groups in total. The van der Waals surface area contributed by atoms with E-state index in [1.165, 1.54) is 0 Å². The van der Waals surface area contributed by atoms with E-state index in [0.717, 1.165) is 32.6 Å². The van der Waals surface area contributed by atoms with Crippen LogP contribution in [-0.4, -0.2) is 37.5 Å². The first kappa shape index (κ1) is 9.96. The smallest absolute Gasteiger partial charge is 0.0584 e. The summed E-state index contributed by atoms with van der Waals surface area (Å²) in [5.41, 5.74) is 0. The van der Waals surface area contributed by atoms with Crippen molar-refractivity contribution in [2.75, 3.05) is 26.4 Å². The minimum atomic E-state index is 0.240. The standard InChI is InChI=1S/C9H19NO2/c1-2-9(6-11)10-5-8-3-4-12-7-8/h8-11H,2-7H2,1H3/t8?,9-/m1/s1. The maximum atomic E-state index is 8.91. The third-order valence-corrected chi connectivity index (χ3v) is 2.43. The first-order chi connectivity index (χ1) is 5.86. The van der Waals surface area contributed by atoms with Gasteiger partial charge in [-0.2, -0.15) is 0 Å². The summed E-state index contributed by atoms with van der Waals surface area (Å²) >= 11 is 0. The lowest BCUT2D eigenvalue weighted by Crippen LogP contribution is -2.35. The molecule has 1 fully saturated rings. The number of hydrogen-bond acceptors (Lipinski definition) is 3. The van der Waals surface area contributed by atoms with E-state index in [9.17, 15) is 0 Å². The van der Waals surface area contributed by atoms with Gasteiger partial charge in [-0.05, 0) is 18.8 Å². The molecule has 1 unspecified atom stereocenters. The van der Waals surface area contributed by atoms with Crippen molar-refractivity contribution in [3.8, 4) is 0 Å². The summed E-state index contributed by atoms with van der Waals surface area (Å²) in [5, 5.41) is 12.2. The number of aliphatic hydroxyl groups excluding tert-OH is 1. The number of rotatable bonds is 5. The Balaban J connectivity index is 2.06. The molecule has 3 nitrogen and oxygen atoms in total. The van der Waals surface area contributed by atoms with Gasteiger partial charge in [-0.25, -0.2) is 0 Å². The number of hydrogen-bond donors (Lipinski definition) is 2. The van der Waals surface area contributed by atoms with Crippen molar-refractivity contribution in [1.29, 1.82) is 0 Å². The van der Waals surface area contributed by atoms with Crippen molar-refractivity contribution in [3.63, 3.8) is 0 Å². The predicted octanol–water partition coefficient (Wildman–Crippen LogP) is 0.383. The van der Waals surface area contributed by atoms with Gasteiger partial charge in [-0.1, -0.05) is 6.92 Å². The van der Waals surface area contributed by atoms with Crippen LogP contribution in [0.25, 0.3) is 0 Å². The lowest BCUT2D eigenvalue weighted by atomic mass is 10.1. The molecule has 0 aromatic rings. The minimum absolute atomic E-state index is 0.240. The molecular weight excluding hydrogens is 154 g/mol. The molecule has 2 atom stereocenters. The van der Waals surface area contributed by atoms with E-state index in [0.29, 0.717) is 5.92 Å². The molecule has 1 aliphatic heterocycles.